The SMILES string of the molecule is NCCc1cn(Cc2ccco2)cn1. The molecule has 2 rings (SSSR count). The number of hydrogen-bond acceptors (Lipinski definition) is 3. The largest absolute Gasteiger partial charge is 0.467 e. The summed E-state index contributed by atoms with van der Waals surface area (Å²) in [6, 6.07) is 3.83. The Hall–Kier alpha value is -1.55. The standard InChI is InChI=1S/C10H13N3O/c11-4-3-9-6-13(8-12-9)7-10-2-1-5-14-10/h1-2,5-6,8H,3-4,7,11H2. The third kappa shape index (κ3) is 2.03. The summed E-state index contributed by atoms with van der Waals surface area (Å²) in [5, 5.41) is 0. The third-order valence-corrected chi connectivity index (χ3v) is 2.01. The molecule has 0 bridgehead atoms. The summed E-state index contributed by atoms with van der Waals surface area (Å²) in [6.45, 7) is 1.36. The summed E-state index contributed by atoms with van der Waals surface area (Å²) >= 11 is 0. The first-order chi connectivity index (χ1) is 6.88. The topological polar surface area (TPSA) is 57.0 Å². The molecular formula is C10H13N3O. The lowest BCUT2D eigenvalue weighted by Gasteiger charge is -1.96. The van der Waals surface area contributed by atoms with E-state index in [1.165, 1.54) is 0 Å². The van der Waals surface area contributed by atoms with Crippen LogP contribution >= 0.6 is 0 Å². The maximum Gasteiger partial charge on any atom is 0.123 e. The van der Waals surface area contributed by atoms with E-state index in [1.54, 1.807) is 12.6 Å². The molecule has 14 heavy (non-hydrogen) atoms. The van der Waals surface area contributed by atoms with Crippen molar-refractivity contribution in [3.05, 3.63) is 42.4 Å². The molecule has 0 spiro atoms. The fourth-order valence-electron chi connectivity index (χ4n) is 1.35. The molecule has 0 aliphatic rings. The van der Waals surface area contributed by atoms with Crippen LogP contribution in [0, 0.1) is 0 Å². The van der Waals surface area contributed by atoms with Gasteiger partial charge in [0.25, 0.3) is 0 Å². The third-order valence-electron chi connectivity index (χ3n) is 2.01. The highest BCUT2D eigenvalue weighted by atomic mass is 16.3. The lowest BCUT2D eigenvalue weighted by Crippen LogP contribution is -2.02. The van der Waals surface area contributed by atoms with E-state index in [0.717, 1.165) is 24.4 Å². The number of rotatable bonds is 4. The van der Waals surface area contributed by atoms with Crippen molar-refractivity contribution < 1.29 is 4.42 Å². The van der Waals surface area contributed by atoms with Gasteiger partial charge in [0, 0.05) is 12.6 Å². The first kappa shape index (κ1) is 9.02. The highest BCUT2D eigenvalue weighted by Gasteiger charge is 2.00. The summed E-state index contributed by atoms with van der Waals surface area (Å²) < 4.78 is 7.22. The van der Waals surface area contributed by atoms with Gasteiger partial charge in [-0.05, 0) is 18.7 Å². The molecule has 0 aliphatic heterocycles. The van der Waals surface area contributed by atoms with Crippen molar-refractivity contribution in [2.45, 2.75) is 13.0 Å². The molecule has 4 heteroatoms. The monoisotopic (exact) mass is 191 g/mol. The summed E-state index contributed by atoms with van der Waals surface area (Å²) in [5.41, 5.74) is 6.46. The van der Waals surface area contributed by atoms with E-state index in [2.05, 4.69) is 4.98 Å². The van der Waals surface area contributed by atoms with Crippen molar-refractivity contribution in [2.24, 2.45) is 5.73 Å². The summed E-state index contributed by atoms with van der Waals surface area (Å²) in [4.78, 5) is 4.23. The molecule has 0 fully saturated rings. The van der Waals surface area contributed by atoms with Gasteiger partial charge >= 0.3 is 0 Å². The van der Waals surface area contributed by atoms with Crippen LogP contribution in [0.4, 0.5) is 0 Å². The fourth-order valence-corrected chi connectivity index (χ4v) is 1.35. The molecule has 0 saturated heterocycles. The average Bonchev–Trinajstić information content (AvgIpc) is 2.79. The van der Waals surface area contributed by atoms with Gasteiger partial charge in [-0.25, -0.2) is 4.98 Å². The van der Waals surface area contributed by atoms with Gasteiger partial charge in [-0.15, -0.1) is 0 Å². The quantitative estimate of drug-likeness (QED) is 0.785. The Bertz CT molecular complexity index is 378. The number of imidazole rings is 1. The Morgan fingerprint density at radius 3 is 3.14 bits per heavy atom. The zero-order valence-corrected chi connectivity index (χ0v) is 7.89. The molecule has 0 amide bonds. The fraction of sp³-hybridized carbons (Fsp3) is 0.300. The van der Waals surface area contributed by atoms with Crippen LogP contribution in [0.1, 0.15) is 11.5 Å². The maximum absolute atomic E-state index is 5.44. The van der Waals surface area contributed by atoms with Crippen LogP contribution in [-0.4, -0.2) is 16.1 Å². The van der Waals surface area contributed by atoms with E-state index in [0.29, 0.717) is 6.54 Å². The van der Waals surface area contributed by atoms with Crippen LogP contribution in [0.2, 0.25) is 0 Å². The predicted octanol–water partition coefficient (Wildman–Crippen LogP) is 1.03. The lowest BCUT2D eigenvalue weighted by molar-refractivity contribution is 0.493. The molecule has 0 unspecified atom stereocenters. The molecule has 0 saturated carbocycles. The molecule has 0 radical (unpaired) electrons. The van der Waals surface area contributed by atoms with E-state index in [1.807, 2.05) is 22.9 Å². The minimum Gasteiger partial charge on any atom is -0.467 e. The highest BCUT2D eigenvalue weighted by Crippen LogP contribution is 2.04. The first-order valence-corrected chi connectivity index (χ1v) is 4.61. The Balaban J connectivity index is 2.03. The van der Waals surface area contributed by atoms with E-state index in [4.69, 9.17) is 10.2 Å². The maximum atomic E-state index is 5.44. The Morgan fingerprint density at radius 2 is 2.43 bits per heavy atom. The second-order valence-corrected chi connectivity index (χ2v) is 3.16. The summed E-state index contributed by atoms with van der Waals surface area (Å²) in [7, 11) is 0. The van der Waals surface area contributed by atoms with Gasteiger partial charge in [-0.2, -0.15) is 0 Å². The van der Waals surface area contributed by atoms with Crippen LogP contribution in [0.3, 0.4) is 0 Å². The molecule has 2 N–H and O–H groups in total. The van der Waals surface area contributed by atoms with E-state index >= 15 is 0 Å². The van der Waals surface area contributed by atoms with Crippen LogP contribution in [0.25, 0.3) is 0 Å². The van der Waals surface area contributed by atoms with Crippen molar-refractivity contribution >= 4 is 0 Å². The van der Waals surface area contributed by atoms with Crippen LogP contribution in [0.5, 0.6) is 0 Å². The molecule has 2 aromatic heterocycles. The van der Waals surface area contributed by atoms with Gasteiger partial charge in [0.05, 0.1) is 24.8 Å². The van der Waals surface area contributed by atoms with Gasteiger partial charge in [-0.1, -0.05) is 0 Å². The highest BCUT2D eigenvalue weighted by molar-refractivity contribution is 5.02. The summed E-state index contributed by atoms with van der Waals surface area (Å²) in [6.07, 6.45) is 6.29. The average molecular weight is 191 g/mol. The zero-order valence-electron chi connectivity index (χ0n) is 7.89. The Kier molecular flexibility index (Phi) is 2.65. The number of nitrogens with two attached hydrogens (primary N) is 1. The Labute approximate surface area is 82.4 Å². The minimum atomic E-state index is 0.637. The van der Waals surface area contributed by atoms with Crippen LogP contribution in [-0.2, 0) is 13.0 Å². The van der Waals surface area contributed by atoms with E-state index in [9.17, 15) is 0 Å². The van der Waals surface area contributed by atoms with Crippen LogP contribution in [0.15, 0.2) is 35.3 Å². The molecule has 74 valence electrons. The number of nitrogens with zero attached hydrogens (tertiary/aromatic N) is 2. The van der Waals surface area contributed by atoms with Crippen molar-refractivity contribution in [1.82, 2.24) is 9.55 Å². The van der Waals surface area contributed by atoms with E-state index < -0.39 is 0 Å². The first-order valence-electron chi connectivity index (χ1n) is 4.61. The van der Waals surface area contributed by atoms with Gasteiger partial charge in [0.15, 0.2) is 0 Å². The predicted molar refractivity (Wildman–Crippen MR) is 52.8 cm³/mol. The number of hydrogen-bond donors (Lipinski definition) is 1. The molecule has 2 heterocycles. The molecule has 4 nitrogen and oxygen atoms in total. The second-order valence-electron chi connectivity index (χ2n) is 3.16. The second kappa shape index (κ2) is 4.11. The van der Waals surface area contributed by atoms with Crippen molar-refractivity contribution in [3.8, 4) is 0 Å². The molecule has 2 aromatic rings. The van der Waals surface area contributed by atoms with Gasteiger partial charge in [0.1, 0.15) is 5.76 Å². The van der Waals surface area contributed by atoms with E-state index in [-0.39, 0.29) is 0 Å². The molecular weight excluding hydrogens is 178 g/mol. The number of furan rings is 1. The minimum absolute atomic E-state index is 0.637. The van der Waals surface area contributed by atoms with Crippen molar-refractivity contribution in [1.29, 1.82) is 0 Å². The van der Waals surface area contributed by atoms with Crippen molar-refractivity contribution in [3.63, 3.8) is 0 Å². The van der Waals surface area contributed by atoms with Gasteiger partial charge in [0.2, 0.25) is 0 Å². The van der Waals surface area contributed by atoms with Crippen molar-refractivity contribution in [2.75, 3.05) is 6.54 Å². The molecule has 0 aromatic carbocycles. The van der Waals surface area contributed by atoms with Gasteiger partial charge < -0.3 is 14.7 Å². The van der Waals surface area contributed by atoms with Gasteiger partial charge in [-0.3, -0.25) is 0 Å². The molecule has 0 aliphatic carbocycles. The Morgan fingerprint density at radius 1 is 1.50 bits per heavy atom. The smallest absolute Gasteiger partial charge is 0.123 e. The molecule has 0 atom stereocenters. The normalized spacial score (nSPS) is 10.6. The zero-order chi connectivity index (χ0) is 9.80. The van der Waals surface area contributed by atoms with Crippen LogP contribution < -0.4 is 5.73 Å². The summed E-state index contributed by atoms with van der Waals surface area (Å²) in [5.74, 6) is 0.932. The lowest BCUT2D eigenvalue weighted by atomic mass is 10.3. The number of aromatic nitrogens is 2.